The number of benzene rings is 1. The second-order valence-electron chi connectivity index (χ2n) is 3.90. The molecule has 0 saturated heterocycles. The molecule has 0 aliphatic carbocycles. The third-order valence-electron chi connectivity index (χ3n) is 2.39. The Morgan fingerprint density at radius 3 is 2.50 bits per heavy atom. The van der Waals surface area contributed by atoms with Gasteiger partial charge in [-0.2, -0.15) is 0 Å². The molecule has 1 aromatic rings. The number of aryl methyl sites for hydroxylation is 1. The summed E-state index contributed by atoms with van der Waals surface area (Å²) >= 11 is 1.45. The van der Waals surface area contributed by atoms with Gasteiger partial charge >= 0.3 is 5.97 Å². The maximum Gasteiger partial charge on any atom is 0.316 e. The molecule has 0 saturated carbocycles. The van der Waals surface area contributed by atoms with Crippen LogP contribution in [-0.2, 0) is 4.79 Å². The highest BCUT2D eigenvalue weighted by molar-refractivity contribution is 8.00. The van der Waals surface area contributed by atoms with Crippen molar-refractivity contribution in [2.75, 3.05) is 0 Å². The third kappa shape index (κ3) is 4.27. The average Bonchev–Trinajstić information content (AvgIpc) is 2.26. The Morgan fingerprint density at radius 2 is 2.00 bits per heavy atom. The highest BCUT2D eigenvalue weighted by atomic mass is 32.2. The van der Waals surface area contributed by atoms with Gasteiger partial charge in [0.15, 0.2) is 0 Å². The number of hydrogen-bond donors (Lipinski definition) is 1. The van der Waals surface area contributed by atoms with Gasteiger partial charge in [0, 0.05) is 4.90 Å². The average molecular weight is 238 g/mol. The van der Waals surface area contributed by atoms with E-state index in [4.69, 9.17) is 5.11 Å². The minimum absolute atomic E-state index is 0.317. The third-order valence-corrected chi connectivity index (χ3v) is 3.66. The number of carboxylic acids is 1. The normalized spacial score (nSPS) is 12.4. The van der Waals surface area contributed by atoms with Gasteiger partial charge in [0.25, 0.3) is 0 Å². The molecule has 1 N–H and O–H groups in total. The molecule has 1 atom stereocenters. The smallest absolute Gasteiger partial charge is 0.316 e. The molecule has 3 heteroatoms. The Balaban J connectivity index is 2.60. The fourth-order valence-electron chi connectivity index (χ4n) is 1.40. The Hall–Kier alpha value is -0.960. The van der Waals surface area contributed by atoms with Crippen LogP contribution in [0.2, 0.25) is 0 Å². The van der Waals surface area contributed by atoms with E-state index < -0.39 is 5.97 Å². The van der Waals surface area contributed by atoms with Crippen molar-refractivity contribution < 1.29 is 9.90 Å². The van der Waals surface area contributed by atoms with E-state index in [1.54, 1.807) is 0 Å². The molecule has 0 spiro atoms. The first kappa shape index (κ1) is 13.1. The second-order valence-corrected chi connectivity index (χ2v) is 5.18. The van der Waals surface area contributed by atoms with Crippen LogP contribution in [0, 0.1) is 6.92 Å². The van der Waals surface area contributed by atoms with Crippen LogP contribution in [0.4, 0.5) is 0 Å². The number of aliphatic carboxylic acids is 1. The van der Waals surface area contributed by atoms with E-state index in [0.717, 1.165) is 24.2 Å². The van der Waals surface area contributed by atoms with Crippen molar-refractivity contribution in [3.63, 3.8) is 0 Å². The van der Waals surface area contributed by atoms with Gasteiger partial charge in [-0.25, -0.2) is 0 Å². The summed E-state index contributed by atoms with van der Waals surface area (Å²) in [5, 5.41) is 8.78. The molecule has 0 bridgehead atoms. The molecule has 88 valence electrons. The summed E-state index contributed by atoms with van der Waals surface area (Å²) in [6.07, 6.45) is 2.75. The first-order valence-electron chi connectivity index (χ1n) is 5.59. The van der Waals surface area contributed by atoms with Crippen molar-refractivity contribution in [1.82, 2.24) is 0 Å². The minimum Gasteiger partial charge on any atom is -0.480 e. The van der Waals surface area contributed by atoms with E-state index in [1.165, 1.54) is 17.3 Å². The van der Waals surface area contributed by atoms with Crippen LogP contribution in [0.1, 0.15) is 31.7 Å². The van der Waals surface area contributed by atoms with Crippen molar-refractivity contribution in [3.8, 4) is 0 Å². The van der Waals surface area contributed by atoms with Crippen molar-refractivity contribution in [2.45, 2.75) is 43.3 Å². The van der Waals surface area contributed by atoms with Gasteiger partial charge in [0.05, 0.1) is 0 Å². The van der Waals surface area contributed by atoms with Crippen LogP contribution < -0.4 is 0 Å². The SMILES string of the molecule is CCCC[C@H](Sc1ccc(C)cc1)C(=O)O. The predicted molar refractivity (Wildman–Crippen MR) is 68.0 cm³/mol. The molecular formula is C13H18O2S. The van der Waals surface area contributed by atoms with Crippen molar-refractivity contribution in [2.24, 2.45) is 0 Å². The Labute approximate surface area is 101 Å². The highest BCUT2D eigenvalue weighted by Gasteiger charge is 2.17. The lowest BCUT2D eigenvalue weighted by atomic mass is 10.2. The molecule has 0 aromatic heterocycles. The van der Waals surface area contributed by atoms with Crippen molar-refractivity contribution in [3.05, 3.63) is 29.8 Å². The molecule has 16 heavy (non-hydrogen) atoms. The highest BCUT2D eigenvalue weighted by Crippen LogP contribution is 2.27. The van der Waals surface area contributed by atoms with E-state index >= 15 is 0 Å². The Bertz CT molecular complexity index is 332. The van der Waals surface area contributed by atoms with Gasteiger partial charge in [-0.05, 0) is 25.5 Å². The van der Waals surface area contributed by atoms with Gasteiger partial charge in [0.2, 0.25) is 0 Å². The van der Waals surface area contributed by atoms with Crippen LogP contribution in [0.5, 0.6) is 0 Å². The second kappa shape index (κ2) is 6.59. The molecule has 0 heterocycles. The van der Waals surface area contributed by atoms with E-state index in [0.29, 0.717) is 0 Å². The molecule has 0 unspecified atom stereocenters. The largest absolute Gasteiger partial charge is 0.480 e. The lowest BCUT2D eigenvalue weighted by Gasteiger charge is -2.11. The van der Waals surface area contributed by atoms with Crippen LogP contribution in [0.15, 0.2) is 29.2 Å². The zero-order valence-corrected chi connectivity index (χ0v) is 10.6. The van der Waals surface area contributed by atoms with Crippen LogP contribution >= 0.6 is 11.8 Å². The first-order valence-corrected chi connectivity index (χ1v) is 6.47. The van der Waals surface area contributed by atoms with Crippen LogP contribution in [0.3, 0.4) is 0 Å². The van der Waals surface area contributed by atoms with E-state index in [9.17, 15) is 4.79 Å². The lowest BCUT2D eigenvalue weighted by molar-refractivity contribution is -0.136. The van der Waals surface area contributed by atoms with Gasteiger partial charge in [-0.15, -0.1) is 11.8 Å². The maximum atomic E-state index is 11.1. The maximum absolute atomic E-state index is 11.1. The molecule has 1 aromatic carbocycles. The Kier molecular flexibility index (Phi) is 5.39. The van der Waals surface area contributed by atoms with Gasteiger partial charge in [-0.3, -0.25) is 4.79 Å². The van der Waals surface area contributed by atoms with E-state index in [1.807, 2.05) is 31.2 Å². The van der Waals surface area contributed by atoms with E-state index in [-0.39, 0.29) is 5.25 Å². The summed E-state index contributed by atoms with van der Waals surface area (Å²) in [5.41, 5.74) is 1.20. The topological polar surface area (TPSA) is 37.3 Å². The molecule has 0 aliphatic rings. The van der Waals surface area contributed by atoms with Gasteiger partial charge in [-0.1, -0.05) is 37.5 Å². The predicted octanol–water partition coefficient (Wildman–Crippen LogP) is 3.73. The zero-order chi connectivity index (χ0) is 12.0. The number of unbranched alkanes of at least 4 members (excludes halogenated alkanes) is 1. The van der Waals surface area contributed by atoms with E-state index in [2.05, 4.69) is 6.92 Å². The molecular weight excluding hydrogens is 220 g/mol. The summed E-state index contributed by atoms with van der Waals surface area (Å²) in [7, 11) is 0. The first-order chi connectivity index (χ1) is 7.63. The van der Waals surface area contributed by atoms with Crippen molar-refractivity contribution >= 4 is 17.7 Å². The lowest BCUT2D eigenvalue weighted by Crippen LogP contribution is -2.15. The molecule has 0 radical (unpaired) electrons. The van der Waals surface area contributed by atoms with Gasteiger partial charge < -0.3 is 5.11 Å². The number of thioether (sulfide) groups is 1. The van der Waals surface area contributed by atoms with Crippen molar-refractivity contribution in [1.29, 1.82) is 0 Å². The fraction of sp³-hybridized carbons (Fsp3) is 0.462. The van der Waals surface area contributed by atoms with Gasteiger partial charge in [0.1, 0.15) is 5.25 Å². The zero-order valence-electron chi connectivity index (χ0n) is 9.77. The summed E-state index contributed by atoms with van der Waals surface area (Å²) < 4.78 is 0. The quantitative estimate of drug-likeness (QED) is 0.767. The number of hydrogen-bond acceptors (Lipinski definition) is 2. The molecule has 2 nitrogen and oxygen atoms in total. The van der Waals surface area contributed by atoms with Crippen LogP contribution in [-0.4, -0.2) is 16.3 Å². The standard InChI is InChI=1S/C13H18O2S/c1-3-4-5-12(13(14)15)16-11-8-6-10(2)7-9-11/h6-9,12H,3-5H2,1-2H3,(H,14,15)/t12-/m0/s1. The fourth-order valence-corrected chi connectivity index (χ4v) is 2.41. The summed E-state index contributed by atoms with van der Waals surface area (Å²) in [5.74, 6) is -0.709. The number of carbonyl (C=O) groups is 1. The summed E-state index contributed by atoms with van der Waals surface area (Å²) in [6.45, 7) is 4.11. The Morgan fingerprint density at radius 1 is 1.38 bits per heavy atom. The summed E-state index contributed by atoms with van der Waals surface area (Å²) in [4.78, 5) is 12.1. The number of carboxylic acid groups (broad SMARTS) is 1. The molecule has 0 aliphatic heterocycles. The molecule has 1 rings (SSSR count). The number of rotatable bonds is 6. The minimum atomic E-state index is -0.709. The van der Waals surface area contributed by atoms with Crippen LogP contribution in [0.25, 0.3) is 0 Å². The monoisotopic (exact) mass is 238 g/mol. The summed E-state index contributed by atoms with van der Waals surface area (Å²) in [6, 6.07) is 8.01. The molecule has 0 fully saturated rings. The molecule has 0 amide bonds.